The van der Waals surface area contributed by atoms with Crippen LogP contribution in [0.5, 0.6) is 11.5 Å². The molecule has 2 aromatic rings. The molecule has 7 nitrogen and oxygen atoms in total. The Morgan fingerprint density at radius 1 is 1.27 bits per heavy atom. The van der Waals surface area contributed by atoms with Gasteiger partial charge < -0.3 is 19.5 Å². The molecule has 4 rings (SSSR count). The summed E-state index contributed by atoms with van der Waals surface area (Å²) in [4.78, 5) is 14.5. The van der Waals surface area contributed by atoms with Crippen LogP contribution >= 0.6 is 11.6 Å². The number of rotatable bonds is 3. The summed E-state index contributed by atoms with van der Waals surface area (Å²) in [5, 5.41) is 14.5. The third kappa shape index (κ3) is 3.24. The van der Waals surface area contributed by atoms with Crippen LogP contribution in [-0.4, -0.2) is 45.5 Å². The predicted octanol–water partition coefficient (Wildman–Crippen LogP) is 1.95. The van der Waals surface area contributed by atoms with Gasteiger partial charge in [-0.05, 0) is 24.6 Å². The highest BCUT2D eigenvalue weighted by Gasteiger charge is 2.24. The van der Waals surface area contributed by atoms with E-state index in [-0.39, 0.29) is 12.3 Å². The predicted molar refractivity (Wildman–Crippen MR) is 94.4 cm³/mol. The molecular weight excluding hydrogens is 358 g/mol. The van der Waals surface area contributed by atoms with Gasteiger partial charge in [-0.3, -0.25) is 9.48 Å². The van der Waals surface area contributed by atoms with Crippen molar-refractivity contribution in [3.63, 3.8) is 0 Å². The van der Waals surface area contributed by atoms with Crippen LogP contribution < -0.4 is 9.47 Å². The first-order valence-electron chi connectivity index (χ1n) is 8.62. The van der Waals surface area contributed by atoms with Gasteiger partial charge in [0.05, 0.1) is 37.0 Å². The van der Waals surface area contributed by atoms with Gasteiger partial charge in [0.1, 0.15) is 13.2 Å². The van der Waals surface area contributed by atoms with E-state index < -0.39 is 6.10 Å². The molecule has 0 saturated carbocycles. The van der Waals surface area contributed by atoms with Crippen LogP contribution in [-0.2, 0) is 24.3 Å². The van der Waals surface area contributed by atoms with Crippen LogP contribution in [0.25, 0.3) is 0 Å². The van der Waals surface area contributed by atoms with E-state index in [1.807, 2.05) is 10.7 Å². The molecule has 2 aliphatic rings. The molecule has 0 fully saturated rings. The van der Waals surface area contributed by atoms with E-state index in [2.05, 4.69) is 5.10 Å². The maximum Gasteiger partial charge on any atom is 0.227 e. The lowest BCUT2D eigenvalue weighted by Gasteiger charge is -2.28. The second-order valence-electron chi connectivity index (χ2n) is 6.54. The van der Waals surface area contributed by atoms with Crippen molar-refractivity contribution in [2.24, 2.45) is 0 Å². The van der Waals surface area contributed by atoms with Crippen LogP contribution in [0.15, 0.2) is 18.2 Å². The molecule has 3 heterocycles. The lowest BCUT2D eigenvalue weighted by Crippen LogP contribution is -2.39. The number of hydrogen-bond donors (Lipinski definition) is 1. The van der Waals surface area contributed by atoms with Gasteiger partial charge >= 0.3 is 0 Å². The molecule has 1 aromatic heterocycles. The SMILES string of the molecule is CC(O)c1cc2n(n1)CCN(C(=O)Cc1cc3c(cc1Cl)OCCO3)C2. The van der Waals surface area contributed by atoms with E-state index in [0.717, 1.165) is 11.3 Å². The van der Waals surface area contributed by atoms with Gasteiger partial charge in [-0.15, -0.1) is 0 Å². The number of aliphatic hydroxyl groups is 1. The van der Waals surface area contributed by atoms with E-state index in [4.69, 9.17) is 21.1 Å². The highest BCUT2D eigenvalue weighted by atomic mass is 35.5. The van der Waals surface area contributed by atoms with E-state index in [0.29, 0.717) is 55.1 Å². The smallest absolute Gasteiger partial charge is 0.227 e. The lowest BCUT2D eigenvalue weighted by atomic mass is 10.1. The van der Waals surface area contributed by atoms with E-state index >= 15 is 0 Å². The Bertz CT molecular complexity index is 849. The fourth-order valence-electron chi connectivity index (χ4n) is 3.22. The molecule has 1 atom stereocenters. The highest BCUT2D eigenvalue weighted by molar-refractivity contribution is 6.31. The third-order valence-corrected chi connectivity index (χ3v) is 5.00. The molecule has 1 unspecified atom stereocenters. The summed E-state index contributed by atoms with van der Waals surface area (Å²) in [5.41, 5.74) is 2.28. The summed E-state index contributed by atoms with van der Waals surface area (Å²) >= 11 is 6.32. The number of carbonyl (C=O) groups is 1. The summed E-state index contributed by atoms with van der Waals surface area (Å²) < 4.78 is 12.9. The number of hydrogen-bond acceptors (Lipinski definition) is 5. The number of aromatic nitrogens is 2. The Balaban J connectivity index is 1.48. The molecule has 0 saturated heterocycles. The van der Waals surface area contributed by atoms with Crippen molar-refractivity contribution in [3.8, 4) is 11.5 Å². The summed E-state index contributed by atoms with van der Waals surface area (Å²) in [6.45, 7) is 4.33. The van der Waals surface area contributed by atoms with E-state index in [1.165, 1.54) is 0 Å². The monoisotopic (exact) mass is 377 g/mol. The molecule has 2 aliphatic heterocycles. The number of nitrogens with zero attached hydrogens (tertiary/aromatic N) is 3. The Hall–Kier alpha value is -2.25. The molecule has 0 bridgehead atoms. The van der Waals surface area contributed by atoms with Crippen LogP contribution in [0.3, 0.4) is 0 Å². The maximum absolute atomic E-state index is 12.8. The number of carbonyl (C=O) groups excluding carboxylic acids is 1. The van der Waals surface area contributed by atoms with Gasteiger partial charge in [-0.25, -0.2) is 0 Å². The molecule has 0 radical (unpaired) electrons. The lowest BCUT2D eigenvalue weighted by molar-refractivity contribution is -0.132. The summed E-state index contributed by atoms with van der Waals surface area (Å²) in [7, 11) is 0. The molecule has 8 heteroatoms. The second-order valence-corrected chi connectivity index (χ2v) is 6.95. The first kappa shape index (κ1) is 17.2. The maximum atomic E-state index is 12.8. The summed E-state index contributed by atoms with van der Waals surface area (Å²) in [5.74, 6) is 1.24. The highest BCUT2D eigenvalue weighted by Crippen LogP contribution is 2.35. The minimum Gasteiger partial charge on any atom is -0.486 e. The topological polar surface area (TPSA) is 76.8 Å². The standard InChI is InChI=1S/C18H20ClN3O4/c1-11(23)15-8-13-10-21(2-3-22(13)20-15)18(24)7-12-6-16-17(9-14(12)19)26-5-4-25-16/h6,8-9,11,23H,2-5,7,10H2,1H3. The molecule has 0 aliphatic carbocycles. The summed E-state index contributed by atoms with van der Waals surface area (Å²) in [6.07, 6.45) is -0.416. The van der Waals surface area contributed by atoms with Gasteiger partial charge in [0.25, 0.3) is 0 Å². The number of ether oxygens (including phenoxy) is 2. The van der Waals surface area contributed by atoms with Gasteiger partial charge in [0, 0.05) is 17.6 Å². The largest absolute Gasteiger partial charge is 0.486 e. The Morgan fingerprint density at radius 3 is 2.73 bits per heavy atom. The van der Waals surface area contributed by atoms with Gasteiger partial charge in [-0.1, -0.05) is 11.6 Å². The van der Waals surface area contributed by atoms with Crippen LogP contribution in [0.2, 0.25) is 5.02 Å². The van der Waals surface area contributed by atoms with Crippen LogP contribution in [0, 0.1) is 0 Å². The van der Waals surface area contributed by atoms with Gasteiger partial charge in [-0.2, -0.15) is 5.10 Å². The fraction of sp³-hybridized carbons (Fsp3) is 0.444. The first-order valence-corrected chi connectivity index (χ1v) is 8.99. The van der Waals surface area contributed by atoms with Crippen molar-refractivity contribution in [2.45, 2.75) is 32.5 Å². The molecular formula is C18H20ClN3O4. The van der Waals surface area contributed by atoms with Gasteiger partial charge in [0.2, 0.25) is 5.91 Å². The molecule has 1 amide bonds. The zero-order valence-electron chi connectivity index (χ0n) is 14.4. The number of fused-ring (bicyclic) bond motifs is 2. The number of aliphatic hydroxyl groups excluding tert-OH is 1. The Labute approximate surface area is 156 Å². The first-order chi connectivity index (χ1) is 12.5. The fourth-order valence-corrected chi connectivity index (χ4v) is 3.44. The van der Waals surface area contributed by atoms with Crippen molar-refractivity contribution in [1.82, 2.24) is 14.7 Å². The minimum atomic E-state index is -0.617. The van der Waals surface area contributed by atoms with E-state index in [9.17, 15) is 9.90 Å². The molecule has 1 aromatic carbocycles. The zero-order valence-corrected chi connectivity index (χ0v) is 15.2. The van der Waals surface area contributed by atoms with E-state index in [1.54, 1.807) is 24.0 Å². The Morgan fingerprint density at radius 2 is 2.00 bits per heavy atom. The normalized spacial score (nSPS) is 17.0. The summed E-state index contributed by atoms with van der Waals surface area (Å²) in [6, 6.07) is 5.34. The number of benzene rings is 1. The Kier molecular flexibility index (Phi) is 4.50. The number of halogens is 1. The molecule has 26 heavy (non-hydrogen) atoms. The second kappa shape index (κ2) is 6.81. The van der Waals surface area contributed by atoms with Crippen molar-refractivity contribution in [3.05, 3.63) is 40.2 Å². The average Bonchev–Trinajstić information content (AvgIpc) is 3.06. The van der Waals surface area contributed by atoms with Gasteiger partial charge in [0.15, 0.2) is 11.5 Å². The van der Waals surface area contributed by atoms with Crippen molar-refractivity contribution >= 4 is 17.5 Å². The number of amides is 1. The van der Waals surface area contributed by atoms with Crippen molar-refractivity contribution in [1.29, 1.82) is 0 Å². The average molecular weight is 378 g/mol. The zero-order chi connectivity index (χ0) is 18.3. The van der Waals surface area contributed by atoms with Crippen molar-refractivity contribution < 1.29 is 19.4 Å². The minimum absolute atomic E-state index is 0.00498. The molecule has 0 spiro atoms. The quantitative estimate of drug-likeness (QED) is 0.884. The van der Waals surface area contributed by atoms with Crippen LogP contribution in [0.1, 0.15) is 30.0 Å². The molecule has 138 valence electrons. The third-order valence-electron chi connectivity index (χ3n) is 4.65. The molecule has 1 N–H and O–H groups in total. The van der Waals surface area contributed by atoms with Crippen LogP contribution in [0.4, 0.5) is 0 Å². The van der Waals surface area contributed by atoms with Crippen molar-refractivity contribution in [2.75, 3.05) is 19.8 Å².